The summed E-state index contributed by atoms with van der Waals surface area (Å²) < 4.78 is 19.2. The first kappa shape index (κ1) is 17.6. The van der Waals surface area contributed by atoms with Gasteiger partial charge in [-0.15, -0.1) is 0 Å². The third kappa shape index (κ3) is 3.27. The molecule has 0 aliphatic heterocycles. The van der Waals surface area contributed by atoms with Gasteiger partial charge in [0.2, 0.25) is 0 Å². The van der Waals surface area contributed by atoms with Crippen molar-refractivity contribution in [1.82, 2.24) is 4.57 Å². The Labute approximate surface area is 141 Å². The van der Waals surface area contributed by atoms with E-state index in [0.29, 0.717) is 17.2 Å². The van der Waals surface area contributed by atoms with Crippen molar-refractivity contribution in [2.75, 3.05) is 21.3 Å². The van der Waals surface area contributed by atoms with Crippen LogP contribution >= 0.6 is 0 Å². The molecular formula is C18H23N2O4+. The quantitative estimate of drug-likeness (QED) is 0.783. The fourth-order valence-corrected chi connectivity index (χ4v) is 2.41. The van der Waals surface area contributed by atoms with E-state index in [1.807, 2.05) is 31.2 Å². The molecule has 0 atom stereocenters. The highest BCUT2D eigenvalue weighted by atomic mass is 16.5. The molecule has 1 heterocycles. The zero-order chi connectivity index (χ0) is 17.9. The van der Waals surface area contributed by atoms with Crippen LogP contribution in [0.5, 0.6) is 17.2 Å². The summed E-state index contributed by atoms with van der Waals surface area (Å²) in [5.74, 6) is 1.87. The molecule has 0 amide bonds. The Bertz CT molecular complexity index is 838. The Balaban J connectivity index is 2.51. The van der Waals surface area contributed by atoms with E-state index in [1.54, 1.807) is 50.6 Å². The Hall–Kier alpha value is -2.76. The molecule has 0 aliphatic carbocycles. The smallest absolute Gasteiger partial charge is 0.496 e. The summed E-state index contributed by atoms with van der Waals surface area (Å²) in [6.07, 6.45) is 3.76. The number of aromatic nitrogens is 2. The summed E-state index contributed by atoms with van der Waals surface area (Å²) in [6, 6.07) is 5.56. The van der Waals surface area contributed by atoms with Crippen LogP contribution in [0.4, 0.5) is 0 Å². The van der Waals surface area contributed by atoms with Crippen LogP contribution in [-0.2, 0) is 14.1 Å². The highest BCUT2D eigenvalue weighted by Crippen LogP contribution is 2.35. The molecule has 0 unspecified atom stereocenters. The van der Waals surface area contributed by atoms with Crippen molar-refractivity contribution in [3.63, 3.8) is 0 Å². The second-order valence-electron chi connectivity index (χ2n) is 5.39. The van der Waals surface area contributed by atoms with Gasteiger partial charge >= 0.3 is 5.69 Å². The minimum absolute atomic E-state index is 0.0751. The molecule has 0 spiro atoms. The van der Waals surface area contributed by atoms with Crippen LogP contribution in [0, 0.1) is 6.92 Å². The molecule has 1 aromatic carbocycles. The normalized spacial score (nSPS) is 10.9. The van der Waals surface area contributed by atoms with Crippen LogP contribution in [0.25, 0.3) is 12.2 Å². The summed E-state index contributed by atoms with van der Waals surface area (Å²) in [5.41, 5.74) is 2.44. The molecule has 6 nitrogen and oxygen atoms in total. The van der Waals surface area contributed by atoms with Crippen LogP contribution in [0.1, 0.15) is 17.0 Å². The number of hydrogen-bond donors (Lipinski definition) is 0. The van der Waals surface area contributed by atoms with E-state index in [0.717, 1.165) is 17.0 Å². The van der Waals surface area contributed by atoms with E-state index >= 15 is 0 Å². The van der Waals surface area contributed by atoms with Gasteiger partial charge in [0.05, 0.1) is 35.4 Å². The summed E-state index contributed by atoms with van der Waals surface area (Å²) >= 11 is 0. The van der Waals surface area contributed by atoms with Crippen LogP contribution in [-0.4, -0.2) is 25.9 Å². The predicted molar refractivity (Wildman–Crippen MR) is 92.6 cm³/mol. The molecule has 24 heavy (non-hydrogen) atoms. The maximum Gasteiger partial charge on any atom is 0.498 e. The molecule has 0 saturated heterocycles. The van der Waals surface area contributed by atoms with Gasteiger partial charge in [-0.3, -0.25) is 0 Å². The van der Waals surface area contributed by atoms with E-state index < -0.39 is 0 Å². The molecule has 0 fully saturated rings. The first-order chi connectivity index (χ1) is 11.4. The zero-order valence-corrected chi connectivity index (χ0v) is 14.9. The van der Waals surface area contributed by atoms with E-state index in [2.05, 4.69) is 0 Å². The molecule has 0 aliphatic rings. The van der Waals surface area contributed by atoms with Crippen LogP contribution in [0.2, 0.25) is 0 Å². The van der Waals surface area contributed by atoms with Crippen molar-refractivity contribution in [2.45, 2.75) is 6.92 Å². The fourth-order valence-electron chi connectivity index (χ4n) is 2.41. The standard InChI is InChI=1S/C18H23N2O4/c1-12-9-14(20(3)18(21)19(12)2)8-7-13-10-16(23-5)17(24-6)11-15(13)22-4/h7-11H,1-6H3/q+1. The van der Waals surface area contributed by atoms with Gasteiger partial charge in [0.25, 0.3) is 0 Å². The number of hydrogen-bond acceptors (Lipinski definition) is 4. The molecule has 6 heteroatoms. The lowest BCUT2D eigenvalue weighted by Crippen LogP contribution is -2.53. The van der Waals surface area contributed by atoms with Crippen molar-refractivity contribution in [1.29, 1.82) is 0 Å². The fraction of sp³-hybridized carbons (Fsp3) is 0.333. The van der Waals surface area contributed by atoms with Gasteiger partial charge in [0, 0.05) is 17.7 Å². The van der Waals surface area contributed by atoms with Gasteiger partial charge in [0.15, 0.2) is 11.5 Å². The molecule has 0 N–H and O–H groups in total. The lowest BCUT2D eigenvalue weighted by Gasteiger charge is -2.12. The molecule has 0 radical (unpaired) electrons. The highest BCUT2D eigenvalue weighted by Gasteiger charge is 2.13. The van der Waals surface area contributed by atoms with Crippen molar-refractivity contribution in [3.05, 3.63) is 45.6 Å². The summed E-state index contributed by atoms with van der Waals surface area (Å²) in [5, 5.41) is 0. The lowest BCUT2D eigenvalue weighted by molar-refractivity contribution is -0.692. The number of rotatable bonds is 5. The van der Waals surface area contributed by atoms with Crippen LogP contribution < -0.4 is 24.5 Å². The van der Waals surface area contributed by atoms with Crippen LogP contribution in [0.3, 0.4) is 0 Å². The molecule has 2 aromatic rings. The number of benzene rings is 1. The Morgan fingerprint density at radius 3 is 2.12 bits per heavy atom. The summed E-state index contributed by atoms with van der Waals surface area (Å²) in [4.78, 5) is 12.2. The molecule has 128 valence electrons. The van der Waals surface area contributed by atoms with E-state index in [9.17, 15) is 4.79 Å². The Morgan fingerprint density at radius 1 is 0.958 bits per heavy atom. The number of aryl methyl sites for hydroxylation is 1. The average molecular weight is 331 g/mol. The predicted octanol–water partition coefficient (Wildman–Crippen LogP) is 1.71. The topological polar surface area (TPSA) is 53.6 Å². The number of ether oxygens (including phenoxy) is 3. The third-order valence-corrected chi connectivity index (χ3v) is 4.02. The molecule has 1 aromatic heterocycles. The van der Waals surface area contributed by atoms with E-state index in [4.69, 9.17) is 14.2 Å². The van der Waals surface area contributed by atoms with Crippen molar-refractivity contribution < 1.29 is 18.8 Å². The van der Waals surface area contributed by atoms with E-state index in [1.165, 1.54) is 0 Å². The molecule has 0 saturated carbocycles. The third-order valence-electron chi connectivity index (χ3n) is 4.02. The lowest BCUT2D eigenvalue weighted by atomic mass is 10.1. The van der Waals surface area contributed by atoms with Gasteiger partial charge in [-0.1, -0.05) is 0 Å². The van der Waals surface area contributed by atoms with E-state index in [-0.39, 0.29) is 5.69 Å². The van der Waals surface area contributed by atoms with Gasteiger partial charge < -0.3 is 14.2 Å². The Kier molecular flexibility index (Phi) is 5.28. The van der Waals surface area contributed by atoms with Gasteiger partial charge in [0.1, 0.15) is 17.1 Å². The maximum absolute atomic E-state index is 12.2. The van der Waals surface area contributed by atoms with Crippen molar-refractivity contribution in [2.24, 2.45) is 14.1 Å². The minimum atomic E-state index is -0.0751. The minimum Gasteiger partial charge on any atom is -0.496 e. The molecular weight excluding hydrogens is 308 g/mol. The summed E-state index contributed by atoms with van der Waals surface area (Å²) in [7, 11) is 8.26. The zero-order valence-electron chi connectivity index (χ0n) is 14.9. The second-order valence-corrected chi connectivity index (χ2v) is 5.39. The van der Waals surface area contributed by atoms with Crippen molar-refractivity contribution >= 4 is 12.2 Å². The van der Waals surface area contributed by atoms with Crippen molar-refractivity contribution in [3.8, 4) is 17.2 Å². The SMILES string of the molecule is COc1cc(OC)c(OC)cc1C=Cc1cc(C)n(C)c(=O)[n+]1C. The Morgan fingerprint density at radius 2 is 1.54 bits per heavy atom. The second kappa shape index (κ2) is 7.21. The highest BCUT2D eigenvalue weighted by molar-refractivity contribution is 5.73. The van der Waals surface area contributed by atoms with Gasteiger partial charge in [-0.25, -0.2) is 0 Å². The monoisotopic (exact) mass is 331 g/mol. The largest absolute Gasteiger partial charge is 0.498 e. The van der Waals surface area contributed by atoms with Gasteiger partial charge in [-0.05, 0) is 25.1 Å². The maximum atomic E-state index is 12.2. The summed E-state index contributed by atoms with van der Waals surface area (Å²) in [6.45, 7) is 1.90. The molecule has 0 bridgehead atoms. The average Bonchev–Trinajstić information content (AvgIpc) is 2.60. The number of methoxy groups -OCH3 is 3. The first-order valence-corrected chi connectivity index (χ1v) is 7.47. The number of nitrogens with zero attached hydrogens (tertiary/aromatic N) is 2. The van der Waals surface area contributed by atoms with Crippen LogP contribution in [0.15, 0.2) is 23.0 Å². The first-order valence-electron chi connectivity index (χ1n) is 7.47. The van der Waals surface area contributed by atoms with Gasteiger partial charge in [-0.2, -0.15) is 13.9 Å². The molecule has 2 rings (SSSR count).